The molecule has 0 aromatic heterocycles. The van der Waals surface area contributed by atoms with E-state index in [2.05, 4.69) is 9.26 Å². The van der Waals surface area contributed by atoms with Crippen LogP contribution in [0.1, 0.15) is 46.5 Å². The van der Waals surface area contributed by atoms with Crippen LogP contribution < -0.4 is 0 Å². The molecule has 0 spiro atoms. The van der Waals surface area contributed by atoms with E-state index in [1.165, 1.54) is 6.92 Å². The molecule has 0 amide bonds. The molecule has 0 heterocycles. The van der Waals surface area contributed by atoms with Gasteiger partial charge in [-0.15, -0.1) is 0 Å². The molecular weight excluding hydrogens is 340 g/mol. The topological polar surface area (TPSA) is 71.1 Å². The van der Waals surface area contributed by atoms with Crippen LogP contribution in [0.25, 0.3) is 0 Å². The van der Waals surface area contributed by atoms with Gasteiger partial charge in [-0.1, -0.05) is 26.7 Å². The van der Waals surface area contributed by atoms with Gasteiger partial charge in [0.1, 0.15) is 0 Å². The van der Waals surface area contributed by atoms with Gasteiger partial charge in [-0.05, 0) is 19.8 Å². The minimum Gasteiger partial charge on any atom is -0.464 e. The van der Waals surface area contributed by atoms with Crippen molar-refractivity contribution in [3.8, 4) is 0 Å². The fourth-order valence-electron chi connectivity index (χ4n) is 1.32. The normalized spacial score (nSPS) is 13.8. The molecule has 0 bridgehead atoms. The lowest BCUT2D eigenvalue weighted by molar-refractivity contribution is -0.215. The largest absolute Gasteiger partial charge is 0.475 e. The van der Waals surface area contributed by atoms with E-state index in [4.69, 9.17) is 9.05 Å². The van der Waals surface area contributed by atoms with Crippen molar-refractivity contribution in [3.63, 3.8) is 0 Å². The van der Waals surface area contributed by atoms with Crippen LogP contribution in [0.2, 0.25) is 0 Å². The Labute approximate surface area is 134 Å². The first kappa shape index (κ1) is 22.4. The zero-order valence-corrected chi connectivity index (χ0v) is 14.5. The molecule has 23 heavy (non-hydrogen) atoms. The number of carbonyl (C=O) groups is 1. The number of halogens is 3. The third-order valence-electron chi connectivity index (χ3n) is 2.53. The second-order valence-electron chi connectivity index (χ2n) is 4.60. The molecule has 1 atom stereocenters. The molecule has 138 valence electrons. The number of unbranched alkanes of at least 4 members (excludes halogenated alkanes) is 2. The molecule has 0 radical (unpaired) electrons. The van der Waals surface area contributed by atoms with Gasteiger partial charge in [0.25, 0.3) is 6.10 Å². The standard InChI is InChI=1S/C13H24F3O6P/c1-4-7-9-20-23(18,21-10-8-5-2)22-11(13(14,15)16)12(17)19-6-3/h11H,4-10H2,1-3H3/t11-/m0/s1. The van der Waals surface area contributed by atoms with Crippen LogP contribution in [-0.4, -0.2) is 38.1 Å². The molecule has 0 aromatic carbocycles. The number of rotatable bonds is 12. The molecular formula is C13H24F3O6P. The molecule has 0 fully saturated rings. The summed E-state index contributed by atoms with van der Waals surface area (Å²) in [4.78, 5) is 11.4. The molecule has 0 aliphatic rings. The summed E-state index contributed by atoms with van der Waals surface area (Å²) >= 11 is 0. The van der Waals surface area contributed by atoms with Crippen molar-refractivity contribution in [1.82, 2.24) is 0 Å². The van der Waals surface area contributed by atoms with Crippen LogP contribution in [0.5, 0.6) is 0 Å². The predicted octanol–water partition coefficient (Wildman–Crippen LogP) is 4.24. The second-order valence-corrected chi connectivity index (χ2v) is 6.22. The highest BCUT2D eigenvalue weighted by Gasteiger charge is 2.52. The molecule has 0 saturated heterocycles. The SMILES string of the molecule is CCCCOP(=O)(OCCCC)O[C@@H](C(=O)OCC)C(F)(F)F. The van der Waals surface area contributed by atoms with Crippen molar-refractivity contribution >= 4 is 13.8 Å². The predicted molar refractivity (Wildman–Crippen MR) is 76.9 cm³/mol. The maximum absolute atomic E-state index is 12.9. The first-order valence-corrected chi connectivity index (χ1v) is 8.97. The number of hydrogen-bond donors (Lipinski definition) is 0. The second kappa shape index (κ2) is 11.0. The molecule has 0 aromatic rings. The highest BCUT2D eigenvalue weighted by Crippen LogP contribution is 2.52. The Morgan fingerprint density at radius 2 is 1.52 bits per heavy atom. The van der Waals surface area contributed by atoms with Gasteiger partial charge in [-0.2, -0.15) is 13.2 Å². The van der Waals surface area contributed by atoms with E-state index in [0.717, 1.165) is 0 Å². The number of hydrogen-bond acceptors (Lipinski definition) is 6. The van der Waals surface area contributed by atoms with Crippen LogP contribution in [0.15, 0.2) is 0 Å². The number of phosphoric ester groups is 1. The highest BCUT2D eigenvalue weighted by molar-refractivity contribution is 7.48. The zero-order chi connectivity index (χ0) is 17.9. The third-order valence-corrected chi connectivity index (χ3v) is 3.99. The molecule has 6 nitrogen and oxygen atoms in total. The van der Waals surface area contributed by atoms with Crippen molar-refractivity contribution in [2.24, 2.45) is 0 Å². The summed E-state index contributed by atoms with van der Waals surface area (Å²) in [7, 11) is -4.53. The van der Waals surface area contributed by atoms with E-state index in [9.17, 15) is 22.5 Å². The Bertz CT molecular complexity index is 374. The van der Waals surface area contributed by atoms with Gasteiger partial charge in [-0.25, -0.2) is 9.36 Å². The Balaban J connectivity index is 5.09. The van der Waals surface area contributed by atoms with Crippen LogP contribution >= 0.6 is 7.82 Å². The van der Waals surface area contributed by atoms with E-state index in [-0.39, 0.29) is 19.8 Å². The fourth-order valence-corrected chi connectivity index (χ4v) is 2.69. The van der Waals surface area contributed by atoms with Gasteiger partial charge in [0.15, 0.2) is 0 Å². The summed E-state index contributed by atoms with van der Waals surface area (Å²) in [6.07, 6.45) is -5.84. The summed E-state index contributed by atoms with van der Waals surface area (Å²) in [5.74, 6) is -1.68. The van der Waals surface area contributed by atoms with Gasteiger partial charge in [0.2, 0.25) is 0 Å². The van der Waals surface area contributed by atoms with Crippen molar-refractivity contribution in [3.05, 3.63) is 0 Å². The van der Waals surface area contributed by atoms with E-state index in [0.29, 0.717) is 25.7 Å². The average Bonchev–Trinajstić information content (AvgIpc) is 2.44. The molecule has 0 aliphatic carbocycles. The first-order chi connectivity index (χ1) is 10.7. The van der Waals surface area contributed by atoms with Gasteiger partial charge in [0, 0.05) is 0 Å². The van der Waals surface area contributed by atoms with Crippen LogP contribution in [-0.2, 0) is 27.7 Å². The van der Waals surface area contributed by atoms with Crippen molar-refractivity contribution in [1.29, 1.82) is 0 Å². The van der Waals surface area contributed by atoms with Crippen LogP contribution in [0, 0.1) is 0 Å². The van der Waals surface area contributed by atoms with Gasteiger partial charge in [0.05, 0.1) is 19.8 Å². The van der Waals surface area contributed by atoms with Gasteiger partial charge >= 0.3 is 20.0 Å². The lowest BCUT2D eigenvalue weighted by Crippen LogP contribution is -2.40. The smallest absolute Gasteiger partial charge is 0.464 e. The number of phosphoric acid groups is 1. The first-order valence-electron chi connectivity index (χ1n) is 7.51. The average molecular weight is 364 g/mol. The molecule has 0 rings (SSSR count). The summed E-state index contributed by atoms with van der Waals surface area (Å²) in [6, 6.07) is 0. The van der Waals surface area contributed by atoms with Crippen molar-refractivity contribution < 1.29 is 40.8 Å². The maximum atomic E-state index is 12.9. The summed E-state index contributed by atoms with van der Waals surface area (Å²) in [6.45, 7) is 4.52. The summed E-state index contributed by atoms with van der Waals surface area (Å²) < 4.78 is 69.7. The lowest BCUT2D eigenvalue weighted by Gasteiger charge is -2.24. The highest BCUT2D eigenvalue weighted by atomic mass is 31.2. The molecule has 0 unspecified atom stereocenters. The minimum atomic E-state index is -5.09. The molecule has 0 saturated carbocycles. The Kier molecular flexibility index (Phi) is 10.7. The summed E-state index contributed by atoms with van der Waals surface area (Å²) in [5.41, 5.74) is 0. The summed E-state index contributed by atoms with van der Waals surface area (Å²) in [5, 5.41) is 0. The van der Waals surface area contributed by atoms with E-state index in [1.54, 1.807) is 0 Å². The van der Waals surface area contributed by atoms with Gasteiger partial charge < -0.3 is 4.74 Å². The van der Waals surface area contributed by atoms with Gasteiger partial charge in [-0.3, -0.25) is 13.6 Å². The zero-order valence-electron chi connectivity index (χ0n) is 13.6. The van der Waals surface area contributed by atoms with E-state index < -0.39 is 26.1 Å². The molecule has 0 N–H and O–H groups in total. The number of alkyl halides is 3. The van der Waals surface area contributed by atoms with E-state index in [1.807, 2.05) is 13.8 Å². The lowest BCUT2D eigenvalue weighted by atomic mass is 10.3. The molecule has 0 aliphatic heterocycles. The quantitative estimate of drug-likeness (QED) is 0.293. The Morgan fingerprint density at radius 1 is 1.04 bits per heavy atom. The number of esters is 1. The maximum Gasteiger partial charge on any atom is 0.475 e. The van der Waals surface area contributed by atoms with Crippen LogP contribution in [0.4, 0.5) is 13.2 Å². The monoisotopic (exact) mass is 364 g/mol. The number of carbonyl (C=O) groups excluding carboxylic acids is 1. The van der Waals surface area contributed by atoms with Crippen LogP contribution in [0.3, 0.4) is 0 Å². The Hall–Kier alpha value is -0.630. The van der Waals surface area contributed by atoms with Crippen molar-refractivity contribution in [2.75, 3.05) is 19.8 Å². The van der Waals surface area contributed by atoms with E-state index >= 15 is 0 Å². The number of ether oxygens (including phenoxy) is 1. The van der Waals surface area contributed by atoms with Crippen molar-refractivity contribution in [2.45, 2.75) is 58.7 Å². The molecule has 10 heteroatoms. The third kappa shape index (κ3) is 9.30. The minimum absolute atomic E-state index is 0.104. The Morgan fingerprint density at radius 3 is 1.87 bits per heavy atom. The fraction of sp³-hybridized carbons (Fsp3) is 0.923.